The predicted molar refractivity (Wildman–Crippen MR) is 72.4 cm³/mol. The summed E-state index contributed by atoms with van der Waals surface area (Å²) in [7, 11) is 1.81. The maximum Gasteiger partial charge on any atom is 0.259 e. The van der Waals surface area contributed by atoms with Crippen LogP contribution in [-0.4, -0.2) is 14.3 Å². The van der Waals surface area contributed by atoms with Gasteiger partial charge in [-0.2, -0.15) is 5.10 Å². The molecule has 0 radical (unpaired) electrons. The molecule has 2 aromatic rings. The molecule has 0 saturated heterocycles. The van der Waals surface area contributed by atoms with Crippen LogP contribution in [0.25, 0.3) is 5.82 Å². The maximum atomic E-state index is 12.3. The maximum absolute atomic E-state index is 12.3. The van der Waals surface area contributed by atoms with Crippen molar-refractivity contribution in [2.75, 3.05) is 0 Å². The lowest BCUT2D eigenvalue weighted by Crippen LogP contribution is -2.23. The van der Waals surface area contributed by atoms with Crippen LogP contribution in [0.15, 0.2) is 29.3 Å². The third-order valence-electron chi connectivity index (χ3n) is 2.63. The molecule has 0 amide bonds. The Bertz CT molecular complexity index is 613. The molecule has 5 heteroatoms. The van der Waals surface area contributed by atoms with E-state index in [2.05, 4.69) is 18.9 Å². The second-order valence-corrected chi connectivity index (χ2v) is 5.24. The van der Waals surface area contributed by atoms with E-state index in [1.54, 1.807) is 29.2 Å². The van der Waals surface area contributed by atoms with Gasteiger partial charge in [-0.3, -0.25) is 14.0 Å². The largest absolute Gasteiger partial charge is 0.274 e. The molecule has 0 aromatic carbocycles. The summed E-state index contributed by atoms with van der Waals surface area (Å²) in [5.41, 5.74) is 0.676. The average molecular weight is 266 g/mol. The average Bonchev–Trinajstić information content (AvgIpc) is 2.69. The highest BCUT2D eigenvalue weighted by Crippen LogP contribution is 2.13. The first-order valence-electron chi connectivity index (χ1n) is 5.88. The molecule has 2 rings (SSSR count). The van der Waals surface area contributed by atoms with Crippen molar-refractivity contribution in [3.63, 3.8) is 0 Å². The third-order valence-corrected chi connectivity index (χ3v) is 2.84. The molecule has 2 aromatic heterocycles. The smallest absolute Gasteiger partial charge is 0.259 e. The summed E-state index contributed by atoms with van der Waals surface area (Å²) in [5, 5.41) is 4.78. The molecule has 0 aliphatic carbocycles. The van der Waals surface area contributed by atoms with Gasteiger partial charge in [0, 0.05) is 31.1 Å². The van der Waals surface area contributed by atoms with Crippen molar-refractivity contribution in [2.45, 2.75) is 20.3 Å². The Hall–Kier alpha value is -1.55. The molecule has 2 heterocycles. The monoisotopic (exact) mass is 265 g/mol. The lowest BCUT2D eigenvalue weighted by Gasteiger charge is -2.08. The Labute approximate surface area is 111 Å². The standard InChI is InChI=1S/C13H16ClN3O/c1-9(2)6-10-7-11(14)8-17(13(10)18)12-4-5-16(3)15-12/h4-5,7-9H,6H2,1-3H3. The van der Waals surface area contributed by atoms with Gasteiger partial charge in [0.2, 0.25) is 0 Å². The van der Waals surface area contributed by atoms with Crippen molar-refractivity contribution in [2.24, 2.45) is 13.0 Å². The summed E-state index contributed by atoms with van der Waals surface area (Å²) >= 11 is 6.07. The van der Waals surface area contributed by atoms with Crippen LogP contribution < -0.4 is 5.56 Å². The Morgan fingerprint density at radius 1 is 1.44 bits per heavy atom. The lowest BCUT2D eigenvalue weighted by molar-refractivity contribution is 0.638. The number of nitrogens with zero attached hydrogens (tertiary/aromatic N) is 3. The normalized spacial score (nSPS) is 11.2. The summed E-state index contributed by atoms with van der Waals surface area (Å²) in [6.07, 6.45) is 4.12. The first kappa shape index (κ1) is 12.9. The number of aryl methyl sites for hydroxylation is 1. The molecule has 0 bridgehead atoms. The van der Waals surface area contributed by atoms with Crippen molar-refractivity contribution >= 4 is 11.6 Å². The number of rotatable bonds is 3. The van der Waals surface area contributed by atoms with Gasteiger partial charge in [-0.25, -0.2) is 0 Å². The minimum Gasteiger partial charge on any atom is -0.274 e. The van der Waals surface area contributed by atoms with Gasteiger partial charge in [-0.15, -0.1) is 0 Å². The van der Waals surface area contributed by atoms with Crippen molar-refractivity contribution < 1.29 is 0 Å². The molecule has 0 fully saturated rings. The van der Waals surface area contributed by atoms with Gasteiger partial charge < -0.3 is 0 Å². The van der Waals surface area contributed by atoms with E-state index < -0.39 is 0 Å². The Balaban J connectivity index is 2.54. The van der Waals surface area contributed by atoms with Gasteiger partial charge in [0.15, 0.2) is 5.82 Å². The highest BCUT2D eigenvalue weighted by Gasteiger charge is 2.10. The fourth-order valence-corrected chi connectivity index (χ4v) is 2.12. The van der Waals surface area contributed by atoms with Crippen LogP contribution in [0.3, 0.4) is 0 Å². The molecule has 0 unspecified atom stereocenters. The summed E-state index contributed by atoms with van der Waals surface area (Å²) in [6.45, 7) is 4.15. The molecule has 0 atom stereocenters. The fourth-order valence-electron chi connectivity index (χ4n) is 1.89. The molecule has 18 heavy (non-hydrogen) atoms. The van der Waals surface area contributed by atoms with Crippen LogP contribution in [0.5, 0.6) is 0 Å². The van der Waals surface area contributed by atoms with Crippen LogP contribution in [0.4, 0.5) is 0 Å². The van der Waals surface area contributed by atoms with Crippen molar-refractivity contribution in [1.82, 2.24) is 14.3 Å². The minimum atomic E-state index is -0.0493. The summed E-state index contributed by atoms with van der Waals surface area (Å²) in [6, 6.07) is 3.53. The van der Waals surface area contributed by atoms with Crippen LogP contribution in [0.1, 0.15) is 19.4 Å². The van der Waals surface area contributed by atoms with E-state index >= 15 is 0 Å². The number of pyridine rings is 1. The molecule has 0 N–H and O–H groups in total. The molecule has 4 nitrogen and oxygen atoms in total. The van der Waals surface area contributed by atoms with Gasteiger partial charge >= 0.3 is 0 Å². The first-order chi connectivity index (χ1) is 8.47. The van der Waals surface area contributed by atoms with E-state index in [9.17, 15) is 4.79 Å². The summed E-state index contributed by atoms with van der Waals surface area (Å²) in [5.74, 6) is 1.00. The number of halogens is 1. The van der Waals surface area contributed by atoms with Crippen molar-refractivity contribution in [3.8, 4) is 5.82 Å². The van der Waals surface area contributed by atoms with Gasteiger partial charge in [0.05, 0.1) is 5.02 Å². The molecule has 0 aliphatic rings. The molecule has 96 valence electrons. The number of hydrogen-bond acceptors (Lipinski definition) is 2. The number of aromatic nitrogens is 3. The van der Waals surface area contributed by atoms with E-state index in [1.165, 1.54) is 4.57 Å². The van der Waals surface area contributed by atoms with E-state index in [-0.39, 0.29) is 5.56 Å². The Morgan fingerprint density at radius 3 is 2.72 bits per heavy atom. The minimum absolute atomic E-state index is 0.0493. The van der Waals surface area contributed by atoms with Crippen molar-refractivity contribution in [1.29, 1.82) is 0 Å². The topological polar surface area (TPSA) is 39.8 Å². The molecule has 0 saturated carbocycles. The van der Waals surface area contributed by atoms with E-state index in [0.717, 1.165) is 5.56 Å². The zero-order valence-electron chi connectivity index (χ0n) is 10.7. The van der Waals surface area contributed by atoms with Crippen LogP contribution in [0.2, 0.25) is 5.02 Å². The van der Waals surface area contributed by atoms with E-state index in [4.69, 9.17) is 11.6 Å². The quantitative estimate of drug-likeness (QED) is 0.855. The molecule has 0 spiro atoms. The van der Waals surface area contributed by atoms with Gasteiger partial charge in [-0.05, 0) is 18.4 Å². The fraction of sp³-hybridized carbons (Fsp3) is 0.385. The Kier molecular flexibility index (Phi) is 3.57. The lowest BCUT2D eigenvalue weighted by atomic mass is 10.0. The second kappa shape index (κ2) is 4.98. The Morgan fingerprint density at radius 2 is 2.17 bits per heavy atom. The van der Waals surface area contributed by atoms with Gasteiger partial charge in [0.25, 0.3) is 5.56 Å². The van der Waals surface area contributed by atoms with Crippen LogP contribution in [-0.2, 0) is 13.5 Å². The molecular formula is C13H16ClN3O. The summed E-state index contributed by atoms with van der Waals surface area (Å²) < 4.78 is 3.16. The molecular weight excluding hydrogens is 250 g/mol. The third kappa shape index (κ3) is 2.64. The van der Waals surface area contributed by atoms with Crippen LogP contribution in [0, 0.1) is 5.92 Å². The van der Waals surface area contributed by atoms with Gasteiger partial charge in [-0.1, -0.05) is 25.4 Å². The zero-order valence-corrected chi connectivity index (χ0v) is 11.5. The highest BCUT2D eigenvalue weighted by molar-refractivity contribution is 6.30. The zero-order chi connectivity index (χ0) is 13.3. The SMILES string of the molecule is CC(C)Cc1cc(Cl)cn(-c2ccn(C)n2)c1=O. The number of hydrogen-bond donors (Lipinski definition) is 0. The first-order valence-corrected chi connectivity index (χ1v) is 6.26. The molecule has 0 aliphatic heterocycles. The van der Waals surface area contributed by atoms with E-state index in [0.29, 0.717) is 23.2 Å². The predicted octanol–water partition coefficient (Wildman–Crippen LogP) is 2.42. The highest BCUT2D eigenvalue weighted by atomic mass is 35.5. The summed E-state index contributed by atoms with van der Waals surface area (Å²) in [4.78, 5) is 12.3. The van der Waals surface area contributed by atoms with E-state index in [1.807, 2.05) is 7.05 Å². The van der Waals surface area contributed by atoms with Crippen LogP contribution >= 0.6 is 11.6 Å². The second-order valence-electron chi connectivity index (χ2n) is 4.80. The van der Waals surface area contributed by atoms with Gasteiger partial charge in [0.1, 0.15) is 0 Å². The van der Waals surface area contributed by atoms with Crippen molar-refractivity contribution in [3.05, 3.63) is 45.5 Å².